The first kappa shape index (κ1) is 21.3. The van der Waals surface area contributed by atoms with E-state index in [9.17, 15) is 0 Å². The maximum Gasteiger partial charge on any atom is 0.190 e. The van der Waals surface area contributed by atoms with Crippen LogP contribution in [0.15, 0.2) is 16.6 Å². The molecule has 24 heavy (non-hydrogen) atoms. The van der Waals surface area contributed by atoms with E-state index in [1.165, 1.54) is 14.9 Å². The van der Waals surface area contributed by atoms with Gasteiger partial charge in [-0.05, 0) is 19.8 Å². The number of thiazole rings is 2. The Labute approximate surface area is 169 Å². The Morgan fingerprint density at radius 1 is 1.21 bits per heavy atom. The first-order valence-electron chi connectivity index (χ1n) is 8.00. The highest BCUT2D eigenvalue weighted by Crippen LogP contribution is 2.13. The molecule has 0 bridgehead atoms. The van der Waals surface area contributed by atoms with Crippen LogP contribution in [0.5, 0.6) is 0 Å². The Balaban J connectivity index is 0.00000288. The van der Waals surface area contributed by atoms with Gasteiger partial charge in [0.05, 0.1) is 10.0 Å². The number of nitrogens with zero attached hydrogens (tertiary/aromatic N) is 3. The topological polar surface area (TPSA) is 62.2 Å². The maximum atomic E-state index is 4.48. The lowest BCUT2D eigenvalue weighted by Gasteiger charge is -2.10. The van der Waals surface area contributed by atoms with Gasteiger partial charge in [0.1, 0.15) is 0 Å². The van der Waals surface area contributed by atoms with Crippen LogP contribution in [0.25, 0.3) is 0 Å². The summed E-state index contributed by atoms with van der Waals surface area (Å²) in [5.74, 6) is 0.854. The van der Waals surface area contributed by atoms with Crippen LogP contribution in [-0.2, 0) is 19.3 Å². The largest absolute Gasteiger partial charge is 0.356 e. The Hall–Kier alpha value is -0.740. The van der Waals surface area contributed by atoms with Gasteiger partial charge >= 0.3 is 0 Å². The standard InChI is InChI=1S/C16H25N5S2.HI/c1-4-13-10-20-14(23-13)7-9-19-16(17-3)18-8-5-6-15-21-12(2)11-22-15;/h10-11H,4-9H2,1-3H3,(H2,17,18,19);1H. The van der Waals surface area contributed by atoms with Crippen molar-refractivity contribution in [2.24, 2.45) is 4.99 Å². The number of halogens is 1. The number of rotatable bonds is 8. The molecule has 2 aromatic rings. The highest BCUT2D eigenvalue weighted by atomic mass is 127. The molecule has 0 unspecified atom stereocenters. The number of aliphatic imine (C=N–C) groups is 1. The quantitative estimate of drug-likeness (QED) is 0.264. The smallest absolute Gasteiger partial charge is 0.190 e. The van der Waals surface area contributed by atoms with Crippen molar-refractivity contribution in [3.8, 4) is 0 Å². The van der Waals surface area contributed by atoms with Crippen molar-refractivity contribution < 1.29 is 0 Å². The summed E-state index contributed by atoms with van der Waals surface area (Å²) in [6, 6.07) is 0. The van der Waals surface area contributed by atoms with Crippen molar-refractivity contribution >= 4 is 52.6 Å². The van der Waals surface area contributed by atoms with E-state index in [2.05, 4.69) is 37.9 Å². The van der Waals surface area contributed by atoms with Gasteiger partial charge in [-0.15, -0.1) is 46.7 Å². The van der Waals surface area contributed by atoms with E-state index in [-0.39, 0.29) is 24.0 Å². The zero-order valence-corrected chi connectivity index (χ0v) is 18.4. The van der Waals surface area contributed by atoms with Gasteiger partial charge in [-0.25, -0.2) is 9.97 Å². The summed E-state index contributed by atoms with van der Waals surface area (Å²) in [6.07, 6.45) is 6.05. The third-order valence-electron chi connectivity index (χ3n) is 3.33. The Bertz CT molecular complexity index is 624. The highest BCUT2D eigenvalue weighted by Gasteiger charge is 2.03. The molecule has 0 saturated carbocycles. The fourth-order valence-corrected chi connectivity index (χ4v) is 3.78. The van der Waals surface area contributed by atoms with E-state index in [0.717, 1.165) is 50.4 Å². The summed E-state index contributed by atoms with van der Waals surface area (Å²) >= 11 is 3.53. The fourth-order valence-electron chi connectivity index (χ4n) is 2.10. The van der Waals surface area contributed by atoms with Gasteiger partial charge in [0.2, 0.25) is 0 Å². The van der Waals surface area contributed by atoms with Gasteiger partial charge < -0.3 is 10.6 Å². The van der Waals surface area contributed by atoms with E-state index in [0.29, 0.717) is 0 Å². The van der Waals surface area contributed by atoms with E-state index in [1.807, 2.05) is 13.1 Å². The van der Waals surface area contributed by atoms with Crippen molar-refractivity contribution in [3.63, 3.8) is 0 Å². The predicted octanol–water partition coefficient (Wildman–Crippen LogP) is 3.43. The molecule has 0 spiro atoms. The Kier molecular flexibility index (Phi) is 10.4. The van der Waals surface area contributed by atoms with Crippen LogP contribution in [0.2, 0.25) is 0 Å². The van der Waals surface area contributed by atoms with E-state index in [4.69, 9.17) is 0 Å². The zero-order chi connectivity index (χ0) is 16.5. The van der Waals surface area contributed by atoms with Crippen LogP contribution in [0.1, 0.15) is 33.9 Å². The molecule has 0 aliphatic carbocycles. The molecule has 0 aliphatic heterocycles. The summed E-state index contributed by atoms with van der Waals surface area (Å²) in [4.78, 5) is 14.5. The number of hydrogen-bond acceptors (Lipinski definition) is 5. The van der Waals surface area contributed by atoms with Crippen LogP contribution < -0.4 is 10.6 Å². The number of hydrogen-bond donors (Lipinski definition) is 2. The summed E-state index contributed by atoms with van der Waals surface area (Å²) in [5.41, 5.74) is 1.11. The van der Waals surface area contributed by atoms with Crippen molar-refractivity contribution in [1.82, 2.24) is 20.6 Å². The maximum absolute atomic E-state index is 4.48. The second-order valence-electron chi connectivity index (χ2n) is 5.24. The van der Waals surface area contributed by atoms with Crippen molar-refractivity contribution in [3.05, 3.63) is 32.2 Å². The van der Waals surface area contributed by atoms with Crippen LogP contribution in [0, 0.1) is 6.92 Å². The van der Waals surface area contributed by atoms with Gasteiger partial charge in [0.25, 0.3) is 0 Å². The third kappa shape index (κ3) is 7.43. The lowest BCUT2D eigenvalue weighted by Crippen LogP contribution is -2.38. The second kappa shape index (κ2) is 11.8. The summed E-state index contributed by atoms with van der Waals surface area (Å²) in [6.45, 7) is 5.95. The summed E-state index contributed by atoms with van der Waals surface area (Å²) in [5, 5.41) is 11.2. The molecule has 0 fully saturated rings. The van der Waals surface area contributed by atoms with Gasteiger partial charge in [0.15, 0.2) is 5.96 Å². The van der Waals surface area contributed by atoms with Crippen LogP contribution >= 0.6 is 46.7 Å². The van der Waals surface area contributed by atoms with Crippen LogP contribution in [0.3, 0.4) is 0 Å². The van der Waals surface area contributed by atoms with Gasteiger partial charge in [-0.1, -0.05) is 6.92 Å². The predicted molar refractivity (Wildman–Crippen MR) is 115 cm³/mol. The molecule has 0 saturated heterocycles. The first-order chi connectivity index (χ1) is 11.2. The first-order valence-corrected chi connectivity index (χ1v) is 9.70. The molecule has 8 heteroatoms. The minimum atomic E-state index is 0. The van der Waals surface area contributed by atoms with E-state index in [1.54, 1.807) is 29.7 Å². The van der Waals surface area contributed by atoms with E-state index < -0.39 is 0 Å². The second-order valence-corrected chi connectivity index (χ2v) is 7.38. The average molecular weight is 479 g/mol. The van der Waals surface area contributed by atoms with Gasteiger partial charge in [0, 0.05) is 55.1 Å². The van der Waals surface area contributed by atoms with Crippen molar-refractivity contribution in [2.45, 2.75) is 39.5 Å². The van der Waals surface area contributed by atoms with Crippen LogP contribution in [-0.4, -0.2) is 36.1 Å². The third-order valence-corrected chi connectivity index (χ3v) is 5.56. The molecule has 0 amide bonds. The lowest BCUT2D eigenvalue weighted by molar-refractivity contribution is 0.735. The van der Waals surface area contributed by atoms with Crippen molar-refractivity contribution in [1.29, 1.82) is 0 Å². The normalized spacial score (nSPS) is 11.2. The minimum Gasteiger partial charge on any atom is -0.356 e. The minimum absolute atomic E-state index is 0. The number of aryl methyl sites for hydroxylation is 3. The van der Waals surface area contributed by atoms with E-state index >= 15 is 0 Å². The molecule has 0 radical (unpaired) electrons. The summed E-state index contributed by atoms with van der Waals surface area (Å²) < 4.78 is 0. The summed E-state index contributed by atoms with van der Waals surface area (Å²) in [7, 11) is 1.80. The number of nitrogens with one attached hydrogen (secondary N) is 2. The molecular weight excluding hydrogens is 453 g/mol. The molecular formula is C16H26IN5S2. The fraction of sp³-hybridized carbons (Fsp3) is 0.562. The molecule has 5 nitrogen and oxygen atoms in total. The van der Waals surface area contributed by atoms with Gasteiger partial charge in [-0.2, -0.15) is 0 Å². The molecule has 0 aliphatic rings. The molecule has 134 valence electrons. The number of aromatic nitrogens is 2. The van der Waals surface area contributed by atoms with Crippen LogP contribution in [0.4, 0.5) is 0 Å². The van der Waals surface area contributed by atoms with Crippen molar-refractivity contribution in [2.75, 3.05) is 20.1 Å². The average Bonchev–Trinajstić information content (AvgIpc) is 3.18. The van der Waals surface area contributed by atoms with Gasteiger partial charge in [-0.3, -0.25) is 4.99 Å². The lowest BCUT2D eigenvalue weighted by atomic mass is 10.3. The molecule has 2 heterocycles. The highest BCUT2D eigenvalue weighted by molar-refractivity contribution is 14.0. The molecule has 2 aromatic heterocycles. The number of guanidine groups is 1. The molecule has 0 atom stereocenters. The molecule has 2 N–H and O–H groups in total. The Morgan fingerprint density at radius 3 is 2.62 bits per heavy atom. The Morgan fingerprint density at radius 2 is 2.00 bits per heavy atom. The SMILES string of the molecule is CCc1cnc(CCNC(=NC)NCCCc2nc(C)cs2)s1.I. The molecule has 2 rings (SSSR count). The molecule has 0 aromatic carbocycles. The monoisotopic (exact) mass is 479 g/mol. The zero-order valence-electron chi connectivity index (χ0n) is 14.5.